The van der Waals surface area contributed by atoms with Crippen LogP contribution in [0.5, 0.6) is 0 Å². The van der Waals surface area contributed by atoms with Gasteiger partial charge in [0.1, 0.15) is 0 Å². The van der Waals surface area contributed by atoms with Crippen molar-refractivity contribution in [1.82, 2.24) is 19.6 Å². The van der Waals surface area contributed by atoms with Crippen molar-refractivity contribution in [2.75, 3.05) is 33.2 Å². The molecule has 17 heavy (non-hydrogen) atoms. The van der Waals surface area contributed by atoms with Crippen molar-refractivity contribution in [3.8, 4) is 0 Å². The summed E-state index contributed by atoms with van der Waals surface area (Å²) in [5.41, 5.74) is 1.66. The van der Waals surface area contributed by atoms with Crippen molar-refractivity contribution in [2.45, 2.75) is 13.3 Å². The molecule has 1 aromatic heterocycles. The predicted octanol–water partition coefficient (Wildman–Crippen LogP) is 0.370. The molecule has 2 heterocycles. The van der Waals surface area contributed by atoms with Gasteiger partial charge in [-0.25, -0.2) is 0 Å². The lowest BCUT2D eigenvalue weighted by Crippen LogP contribution is -2.47. The minimum Gasteiger partial charge on any atom is -0.336 e. The lowest BCUT2D eigenvalue weighted by Gasteiger charge is -2.32. The van der Waals surface area contributed by atoms with E-state index in [2.05, 4.69) is 17.0 Å². The maximum atomic E-state index is 12.4. The molecule has 2 rings (SSSR count). The summed E-state index contributed by atoms with van der Waals surface area (Å²) in [5, 5.41) is 4.32. The van der Waals surface area contributed by atoms with E-state index in [0.29, 0.717) is 0 Å². The van der Waals surface area contributed by atoms with Gasteiger partial charge in [-0.05, 0) is 13.5 Å². The summed E-state index contributed by atoms with van der Waals surface area (Å²) in [6, 6.07) is 0. The van der Waals surface area contributed by atoms with Crippen LogP contribution < -0.4 is 0 Å². The van der Waals surface area contributed by atoms with E-state index in [1.54, 1.807) is 4.68 Å². The maximum Gasteiger partial charge on any atom is 0.257 e. The SMILES string of the molecule is CCc1nn(C)cc1C(=O)N1CCN(C)CC1. The third-order valence-electron chi connectivity index (χ3n) is 3.26. The molecule has 1 amide bonds. The Morgan fingerprint density at radius 3 is 2.53 bits per heavy atom. The second-order valence-electron chi connectivity index (χ2n) is 4.61. The third-order valence-corrected chi connectivity index (χ3v) is 3.26. The van der Waals surface area contributed by atoms with E-state index in [9.17, 15) is 4.79 Å². The van der Waals surface area contributed by atoms with Crippen LogP contribution in [0.4, 0.5) is 0 Å². The molecule has 5 nitrogen and oxygen atoms in total. The van der Waals surface area contributed by atoms with Gasteiger partial charge in [0.15, 0.2) is 0 Å². The highest BCUT2D eigenvalue weighted by Gasteiger charge is 2.23. The number of carbonyl (C=O) groups excluding carboxylic acids is 1. The topological polar surface area (TPSA) is 41.4 Å². The van der Waals surface area contributed by atoms with Gasteiger partial charge in [0.25, 0.3) is 5.91 Å². The summed E-state index contributed by atoms with van der Waals surface area (Å²) in [5.74, 6) is 0.128. The summed E-state index contributed by atoms with van der Waals surface area (Å²) in [6.07, 6.45) is 2.63. The Bertz CT molecular complexity index is 405. The normalized spacial score (nSPS) is 17.5. The fourth-order valence-corrected chi connectivity index (χ4v) is 2.15. The van der Waals surface area contributed by atoms with Gasteiger partial charge < -0.3 is 9.80 Å². The highest BCUT2D eigenvalue weighted by atomic mass is 16.2. The Kier molecular flexibility index (Phi) is 3.47. The molecule has 0 spiro atoms. The molecule has 0 radical (unpaired) electrons. The Balaban J connectivity index is 2.13. The fraction of sp³-hybridized carbons (Fsp3) is 0.667. The maximum absolute atomic E-state index is 12.4. The van der Waals surface area contributed by atoms with Crippen molar-refractivity contribution in [3.05, 3.63) is 17.5 Å². The molecule has 0 bridgehead atoms. The largest absolute Gasteiger partial charge is 0.336 e. The first-order chi connectivity index (χ1) is 8.11. The molecule has 0 aliphatic carbocycles. The summed E-state index contributed by atoms with van der Waals surface area (Å²) in [4.78, 5) is 16.5. The molecule has 0 unspecified atom stereocenters. The zero-order chi connectivity index (χ0) is 12.4. The number of aryl methyl sites for hydroxylation is 2. The first-order valence-corrected chi connectivity index (χ1v) is 6.12. The fourth-order valence-electron chi connectivity index (χ4n) is 2.15. The van der Waals surface area contributed by atoms with Crippen LogP contribution >= 0.6 is 0 Å². The number of nitrogens with zero attached hydrogens (tertiary/aromatic N) is 4. The average molecular weight is 236 g/mol. The van der Waals surface area contributed by atoms with E-state index in [1.165, 1.54) is 0 Å². The van der Waals surface area contributed by atoms with Gasteiger partial charge in [-0.1, -0.05) is 6.92 Å². The summed E-state index contributed by atoms with van der Waals surface area (Å²) < 4.78 is 1.72. The van der Waals surface area contributed by atoms with Gasteiger partial charge >= 0.3 is 0 Å². The Hall–Kier alpha value is -1.36. The number of carbonyl (C=O) groups is 1. The van der Waals surface area contributed by atoms with Gasteiger partial charge in [-0.3, -0.25) is 9.48 Å². The first kappa shape index (κ1) is 12.1. The number of rotatable bonds is 2. The smallest absolute Gasteiger partial charge is 0.257 e. The molecule has 1 fully saturated rings. The molecule has 0 saturated carbocycles. The van der Waals surface area contributed by atoms with Gasteiger partial charge in [0.2, 0.25) is 0 Å². The molecular weight excluding hydrogens is 216 g/mol. The van der Waals surface area contributed by atoms with Crippen LogP contribution in [0.3, 0.4) is 0 Å². The molecule has 94 valence electrons. The first-order valence-electron chi connectivity index (χ1n) is 6.12. The van der Waals surface area contributed by atoms with Crippen molar-refractivity contribution < 1.29 is 4.79 Å². The molecule has 1 aliphatic rings. The van der Waals surface area contributed by atoms with Gasteiger partial charge in [0, 0.05) is 39.4 Å². The Morgan fingerprint density at radius 1 is 1.29 bits per heavy atom. The van der Waals surface area contributed by atoms with Crippen LogP contribution in [0, 0.1) is 0 Å². The number of hydrogen-bond acceptors (Lipinski definition) is 3. The van der Waals surface area contributed by atoms with Crippen molar-refractivity contribution >= 4 is 5.91 Å². The highest BCUT2D eigenvalue weighted by Crippen LogP contribution is 2.12. The molecule has 1 saturated heterocycles. The van der Waals surface area contributed by atoms with Crippen LogP contribution in [-0.2, 0) is 13.5 Å². The van der Waals surface area contributed by atoms with E-state index < -0.39 is 0 Å². The van der Waals surface area contributed by atoms with Crippen molar-refractivity contribution in [2.24, 2.45) is 7.05 Å². The van der Waals surface area contributed by atoms with Crippen molar-refractivity contribution in [1.29, 1.82) is 0 Å². The molecular formula is C12H20N4O. The molecule has 0 N–H and O–H groups in total. The molecule has 0 atom stereocenters. The van der Waals surface area contributed by atoms with Gasteiger partial charge in [-0.15, -0.1) is 0 Å². The Labute approximate surface area is 102 Å². The van der Waals surface area contributed by atoms with Gasteiger partial charge in [0.05, 0.1) is 11.3 Å². The number of hydrogen-bond donors (Lipinski definition) is 0. The van der Waals surface area contributed by atoms with Crippen molar-refractivity contribution in [3.63, 3.8) is 0 Å². The number of aromatic nitrogens is 2. The molecule has 1 aromatic rings. The second kappa shape index (κ2) is 4.87. The number of likely N-dealkylation sites (N-methyl/N-ethyl adjacent to an activating group) is 1. The van der Waals surface area contributed by atoms with E-state index in [-0.39, 0.29) is 5.91 Å². The monoisotopic (exact) mass is 236 g/mol. The lowest BCUT2D eigenvalue weighted by molar-refractivity contribution is 0.0663. The van der Waals surface area contributed by atoms with Crippen LogP contribution in [-0.4, -0.2) is 58.7 Å². The van der Waals surface area contributed by atoms with Crippen LogP contribution in [0.2, 0.25) is 0 Å². The average Bonchev–Trinajstić information content (AvgIpc) is 2.70. The van der Waals surface area contributed by atoms with Crippen LogP contribution in [0.25, 0.3) is 0 Å². The van der Waals surface area contributed by atoms with Gasteiger partial charge in [-0.2, -0.15) is 5.10 Å². The van der Waals surface area contributed by atoms with E-state index in [4.69, 9.17) is 0 Å². The van der Waals surface area contributed by atoms with E-state index in [1.807, 2.05) is 25.1 Å². The zero-order valence-electron chi connectivity index (χ0n) is 10.8. The summed E-state index contributed by atoms with van der Waals surface area (Å²) in [6.45, 7) is 5.56. The lowest BCUT2D eigenvalue weighted by atomic mass is 10.1. The van der Waals surface area contributed by atoms with Crippen LogP contribution in [0.15, 0.2) is 6.20 Å². The summed E-state index contributed by atoms with van der Waals surface area (Å²) in [7, 11) is 3.95. The molecule has 0 aromatic carbocycles. The molecule has 5 heteroatoms. The quantitative estimate of drug-likeness (QED) is 0.745. The minimum atomic E-state index is 0.128. The third kappa shape index (κ3) is 2.49. The minimum absolute atomic E-state index is 0.128. The van der Waals surface area contributed by atoms with E-state index >= 15 is 0 Å². The Morgan fingerprint density at radius 2 is 1.94 bits per heavy atom. The predicted molar refractivity (Wildman–Crippen MR) is 66.0 cm³/mol. The highest BCUT2D eigenvalue weighted by molar-refractivity contribution is 5.95. The standard InChI is InChI=1S/C12H20N4O/c1-4-11-10(9-15(3)13-11)12(17)16-7-5-14(2)6-8-16/h9H,4-8H2,1-3H3. The zero-order valence-corrected chi connectivity index (χ0v) is 10.8. The number of amides is 1. The molecule has 1 aliphatic heterocycles. The summed E-state index contributed by atoms with van der Waals surface area (Å²) >= 11 is 0. The van der Waals surface area contributed by atoms with E-state index in [0.717, 1.165) is 43.9 Å². The second-order valence-corrected chi connectivity index (χ2v) is 4.61. The van der Waals surface area contributed by atoms with Crippen LogP contribution in [0.1, 0.15) is 23.0 Å². The number of piperazine rings is 1.